The summed E-state index contributed by atoms with van der Waals surface area (Å²) in [6, 6.07) is 17.3. The van der Waals surface area contributed by atoms with E-state index in [-0.39, 0.29) is 5.91 Å². The van der Waals surface area contributed by atoms with Crippen molar-refractivity contribution in [3.8, 4) is 11.4 Å². The maximum absolute atomic E-state index is 12.1. The molecule has 0 aliphatic carbocycles. The van der Waals surface area contributed by atoms with Gasteiger partial charge in [-0.3, -0.25) is 4.79 Å². The van der Waals surface area contributed by atoms with E-state index < -0.39 is 0 Å². The maximum atomic E-state index is 12.1. The minimum absolute atomic E-state index is 0.0433. The van der Waals surface area contributed by atoms with Gasteiger partial charge in [0.25, 0.3) is 0 Å². The molecule has 8 heteroatoms. The third-order valence-electron chi connectivity index (χ3n) is 3.51. The van der Waals surface area contributed by atoms with Crippen LogP contribution in [-0.4, -0.2) is 28.6 Å². The number of carbonyl (C=O) groups is 1. The molecule has 0 radical (unpaired) electrons. The lowest BCUT2D eigenvalue weighted by molar-refractivity contribution is -0.118. The van der Waals surface area contributed by atoms with E-state index in [1.807, 2.05) is 54.6 Å². The van der Waals surface area contributed by atoms with Crippen LogP contribution in [-0.2, 0) is 11.3 Å². The number of carbonyl (C=O) groups excluding carboxylic acids is 1. The Morgan fingerprint density at radius 3 is 2.65 bits per heavy atom. The average molecular weight is 404 g/mol. The van der Waals surface area contributed by atoms with Crippen molar-refractivity contribution in [1.82, 2.24) is 15.1 Å². The van der Waals surface area contributed by atoms with Crippen molar-refractivity contribution in [3.05, 3.63) is 64.1 Å². The molecule has 5 nitrogen and oxygen atoms in total. The maximum Gasteiger partial charge on any atom is 0.230 e. The fourth-order valence-electron chi connectivity index (χ4n) is 2.17. The van der Waals surface area contributed by atoms with E-state index in [1.165, 1.54) is 23.1 Å². The minimum atomic E-state index is -0.0433. The van der Waals surface area contributed by atoms with Crippen LogP contribution in [0, 0.1) is 3.95 Å². The number of para-hydroxylation sites is 1. The van der Waals surface area contributed by atoms with E-state index in [0.717, 1.165) is 21.3 Å². The zero-order valence-electron chi connectivity index (χ0n) is 14.0. The number of thioether (sulfide) groups is 1. The zero-order chi connectivity index (χ0) is 18.4. The van der Waals surface area contributed by atoms with Gasteiger partial charge in [-0.15, -0.1) is 5.10 Å². The van der Waals surface area contributed by atoms with Crippen molar-refractivity contribution >= 4 is 41.2 Å². The summed E-state index contributed by atoms with van der Waals surface area (Å²) in [5.41, 5.74) is 1.94. The summed E-state index contributed by atoms with van der Waals surface area (Å²) in [6.07, 6.45) is 0. The van der Waals surface area contributed by atoms with Crippen molar-refractivity contribution in [2.24, 2.45) is 0 Å². The van der Waals surface area contributed by atoms with Crippen molar-refractivity contribution in [2.75, 3.05) is 12.9 Å². The number of benzene rings is 2. The van der Waals surface area contributed by atoms with Crippen LogP contribution in [0.3, 0.4) is 0 Å². The van der Waals surface area contributed by atoms with E-state index in [0.29, 0.717) is 16.3 Å². The van der Waals surface area contributed by atoms with Crippen LogP contribution >= 0.6 is 35.3 Å². The Morgan fingerprint density at radius 2 is 1.96 bits per heavy atom. The highest BCUT2D eigenvalue weighted by atomic mass is 32.2. The van der Waals surface area contributed by atoms with Crippen LogP contribution in [0.2, 0.25) is 0 Å². The Balaban J connectivity index is 1.52. The topological polar surface area (TPSA) is 56.1 Å². The first-order chi connectivity index (χ1) is 12.7. The second kappa shape index (κ2) is 8.98. The van der Waals surface area contributed by atoms with E-state index in [9.17, 15) is 4.79 Å². The number of nitrogens with one attached hydrogen (secondary N) is 1. The van der Waals surface area contributed by atoms with Gasteiger partial charge in [-0.2, -0.15) is 0 Å². The van der Waals surface area contributed by atoms with Gasteiger partial charge in [0.05, 0.1) is 18.6 Å². The summed E-state index contributed by atoms with van der Waals surface area (Å²) in [5.74, 6) is 1.05. The minimum Gasteiger partial charge on any atom is -0.497 e. The van der Waals surface area contributed by atoms with E-state index in [2.05, 4.69) is 10.4 Å². The normalized spacial score (nSPS) is 10.5. The lowest BCUT2D eigenvalue weighted by Crippen LogP contribution is -2.24. The largest absolute Gasteiger partial charge is 0.497 e. The number of hydrogen-bond donors (Lipinski definition) is 1. The first kappa shape index (κ1) is 18.6. The number of amides is 1. The van der Waals surface area contributed by atoms with Crippen LogP contribution < -0.4 is 10.1 Å². The summed E-state index contributed by atoms with van der Waals surface area (Å²) in [4.78, 5) is 12.1. The molecular formula is C18H17N3O2S3. The Bertz CT molecular complexity index is 921. The highest BCUT2D eigenvalue weighted by Crippen LogP contribution is 2.23. The van der Waals surface area contributed by atoms with Gasteiger partial charge < -0.3 is 10.1 Å². The average Bonchev–Trinajstić information content (AvgIpc) is 3.06. The van der Waals surface area contributed by atoms with Gasteiger partial charge >= 0.3 is 0 Å². The number of nitrogens with zero attached hydrogens (tertiary/aromatic N) is 2. The molecule has 1 N–H and O–H groups in total. The van der Waals surface area contributed by atoms with Gasteiger partial charge in [0.2, 0.25) is 5.91 Å². The van der Waals surface area contributed by atoms with Crippen LogP contribution in [0.4, 0.5) is 0 Å². The molecule has 0 spiro atoms. The third-order valence-corrected chi connectivity index (χ3v) is 5.87. The molecule has 0 saturated heterocycles. The Hall–Kier alpha value is -2.16. The smallest absolute Gasteiger partial charge is 0.230 e. The predicted octanol–water partition coefficient (Wildman–Crippen LogP) is 4.08. The van der Waals surface area contributed by atoms with E-state index in [1.54, 1.807) is 11.8 Å². The molecule has 0 aliphatic heterocycles. The number of ether oxygens (including phenoxy) is 1. The summed E-state index contributed by atoms with van der Waals surface area (Å²) < 4.78 is 8.28. The monoisotopic (exact) mass is 403 g/mol. The highest BCUT2D eigenvalue weighted by molar-refractivity contribution is 8.01. The lowest BCUT2D eigenvalue weighted by Gasteiger charge is -2.05. The molecular weight excluding hydrogens is 386 g/mol. The summed E-state index contributed by atoms with van der Waals surface area (Å²) >= 11 is 8.16. The summed E-state index contributed by atoms with van der Waals surface area (Å²) in [5, 5.41) is 7.39. The highest BCUT2D eigenvalue weighted by Gasteiger charge is 2.09. The predicted molar refractivity (Wildman–Crippen MR) is 108 cm³/mol. The number of methoxy groups -OCH3 is 1. The standard InChI is InChI=1S/C18H17N3O2S3/c1-23-15-9-7-13(8-10-15)11-19-16(22)12-25-17-20-21(18(24)26-17)14-5-3-2-4-6-14/h2-10H,11-12H2,1H3,(H,19,22). The van der Waals surface area contributed by atoms with Gasteiger partial charge in [0.15, 0.2) is 8.29 Å². The van der Waals surface area contributed by atoms with Crippen LogP contribution in [0.15, 0.2) is 58.9 Å². The molecule has 3 rings (SSSR count). The van der Waals surface area contributed by atoms with Crippen LogP contribution in [0.25, 0.3) is 5.69 Å². The fraction of sp³-hybridized carbons (Fsp3) is 0.167. The number of hydrogen-bond acceptors (Lipinski definition) is 6. The molecule has 0 fully saturated rings. The third kappa shape index (κ3) is 4.94. The molecule has 2 aromatic carbocycles. The number of rotatable bonds is 7. The van der Waals surface area contributed by atoms with Crippen molar-refractivity contribution < 1.29 is 9.53 Å². The first-order valence-electron chi connectivity index (χ1n) is 7.84. The quantitative estimate of drug-likeness (QED) is 0.476. The van der Waals surface area contributed by atoms with Gasteiger partial charge in [-0.1, -0.05) is 53.4 Å². The van der Waals surface area contributed by atoms with Gasteiger partial charge in [-0.25, -0.2) is 4.68 Å². The molecule has 1 amide bonds. The fourth-order valence-corrected chi connectivity index (χ4v) is 4.36. The number of aromatic nitrogens is 2. The van der Waals surface area contributed by atoms with Gasteiger partial charge in [-0.05, 0) is 42.0 Å². The molecule has 0 unspecified atom stereocenters. The Labute approximate surface area is 165 Å². The molecule has 0 aliphatic rings. The summed E-state index contributed by atoms with van der Waals surface area (Å²) in [6.45, 7) is 0.484. The van der Waals surface area contributed by atoms with E-state index >= 15 is 0 Å². The van der Waals surface area contributed by atoms with Crippen molar-refractivity contribution in [3.63, 3.8) is 0 Å². The molecule has 0 bridgehead atoms. The SMILES string of the molecule is COc1ccc(CNC(=O)CSc2nn(-c3ccccc3)c(=S)s2)cc1. The zero-order valence-corrected chi connectivity index (χ0v) is 16.5. The molecule has 1 heterocycles. The Morgan fingerprint density at radius 1 is 1.23 bits per heavy atom. The first-order valence-corrected chi connectivity index (χ1v) is 10.0. The van der Waals surface area contributed by atoms with Crippen LogP contribution in [0.1, 0.15) is 5.56 Å². The van der Waals surface area contributed by atoms with Crippen molar-refractivity contribution in [1.29, 1.82) is 0 Å². The summed E-state index contributed by atoms with van der Waals surface area (Å²) in [7, 11) is 1.63. The molecule has 3 aromatic rings. The molecule has 0 atom stereocenters. The molecule has 134 valence electrons. The molecule has 0 saturated carbocycles. The molecule has 1 aromatic heterocycles. The van der Waals surface area contributed by atoms with Gasteiger partial charge in [0.1, 0.15) is 5.75 Å². The lowest BCUT2D eigenvalue weighted by atomic mass is 10.2. The second-order valence-electron chi connectivity index (χ2n) is 5.29. The van der Waals surface area contributed by atoms with Gasteiger partial charge in [0, 0.05) is 6.54 Å². The second-order valence-corrected chi connectivity index (χ2v) is 8.14. The molecule has 26 heavy (non-hydrogen) atoms. The van der Waals surface area contributed by atoms with Crippen molar-refractivity contribution in [2.45, 2.75) is 10.9 Å². The van der Waals surface area contributed by atoms with E-state index in [4.69, 9.17) is 17.0 Å². The Kier molecular flexibility index (Phi) is 6.43. The van der Waals surface area contributed by atoms with Crippen LogP contribution in [0.5, 0.6) is 5.75 Å².